The first-order chi connectivity index (χ1) is 9.11. The molecule has 20 heavy (non-hydrogen) atoms. The van der Waals surface area contributed by atoms with Gasteiger partial charge in [-0.2, -0.15) is 17.5 Å². The third-order valence-electron chi connectivity index (χ3n) is 4.20. The molecule has 9 heteroatoms. The fourth-order valence-electron chi connectivity index (χ4n) is 2.95. The first-order valence-corrected chi connectivity index (χ1v) is 7.89. The van der Waals surface area contributed by atoms with E-state index in [-0.39, 0.29) is 24.4 Å². The molecule has 1 amide bonds. The molecule has 2 rings (SSSR count). The molecule has 2 fully saturated rings. The first-order valence-electron chi connectivity index (χ1n) is 6.45. The molecule has 0 unspecified atom stereocenters. The highest BCUT2D eigenvalue weighted by molar-refractivity contribution is 7.90. The predicted molar refractivity (Wildman–Crippen MR) is 65.1 cm³/mol. The van der Waals surface area contributed by atoms with Crippen LogP contribution >= 0.6 is 0 Å². The number of likely N-dealkylation sites (tertiary alicyclic amines) is 1. The number of rotatable bonds is 2. The van der Waals surface area contributed by atoms with Gasteiger partial charge in [-0.3, -0.25) is 4.79 Å². The van der Waals surface area contributed by atoms with Gasteiger partial charge in [0.05, 0.1) is 0 Å². The second kappa shape index (κ2) is 4.87. The summed E-state index contributed by atoms with van der Waals surface area (Å²) in [5, 5.41) is 0. The van der Waals surface area contributed by atoms with Crippen molar-refractivity contribution in [3.63, 3.8) is 0 Å². The van der Waals surface area contributed by atoms with Crippen molar-refractivity contribution in [1.29, 1.82) is 0 Å². The number of alkyl halides is 3. The van der Waals surface area contributed by atoms with Gasteiger partial charge < -0.3 is 4.90 Å². The number of sulfonamides is 1. The standard InChI is InChI=1S/C11H17F3N2O3S/c1-2-15-8-10(7-9(15)17)3-5-16(6-4-10)20(18,19)11(12,13)14/h2-8H2,1H3. The average molecular weight is 314 g/mol. The van der Waals surface area contributed by atoms with Crippen molar-refractivity contribution >= 4 is 15.9 Å². The Hall–Kier alpha value is -0.830. The number of hydrogen-bond donors (Lipinski definition) is 0. The third-order valence-corrected chi connectivity index (χ3v) is 5.83. The van der Waals surface area contributed by atoms with Gasteiger partial charge in [-0.15, -0.1) is 0 Å². The zero-order valence-corrected chi connectivity index (χ0v) is 11.9. The van der Waals surface area contributed by atoms with Crippen LogP contribution in [0.2, 0.25) is 0 Å². The molecule has 0 aromatic carbocycles. The highest BCUT2D eigenvalue weighted by Crippen LogP contribution is 2.42. The minimum absolute atomic E-state index is 0.000344. The van der Waals surface area contributed by atoms with Gasteiger partial charge in [-0.1, -0.05) is 0 Å². The summed E-state index contributed by atoms with van der Waals surface area (Å²) in [6.07, 6.45) is 0.899. The Morgan fingerprint density at radius 2 is 1.80 bits per heavy atom. The first kappa shape index (κ1) is 15.6. The molecule has 2 heterocycles. The van der Waals surface area contributed by atoms with E-state index >= 15 is 0 Å². The second-order valence-corrected chi connectivity index (χ2v) is 7.36. The van der Waals surface area contributed by atoms with Crippen LogP contribution in [0, 0.1) is 5.41 Å². The Morgan fingerprint density at radius 3 is 2.20 bits per heavy atom. The van der Waals surface area contributed by atoms with E-state index in [1.807, 2.05) is 6.92 Å². The van der Waals surface area contributed by atoms with Gasteiger partial charge in [0, 0.05) is 32.6 Å². The smallest absolute Gasteiger partial charge is 0.342 e. The number of hydrogen-bond acceptors (Lipinski definition) is 3. The Kier molecular flexibility index (Phi) is 3.79. The summed E-state index contributed by atoms with van der Waals surface area (Å²) >= 11 is 0. The topological polar surface area (TPSA) is 57.7 Å². The molecule has 0 N–H and O–H groups in total. The lowest BCUT2D eigenvalue weighted by Gasteiger charge is -2.38. The zero-order chi connectivity index (χ0) is 15.2. The Morgan fingerprint density at radius 1 is 1.25 bits per heavy atom. The maximum atomic E-state index is 12.5. The maximum absolute atomic E-state index is 12.5. The van der Waals surface area contributed by atoms with Gasteiger partial charge in [0.15, 0.2) is 0 Å². The van der Waals surface area contributed by atoms with E-state index in [1.54, 1.807) is 4.90 Å². The maximum Gasteiger partial charge on any atom is 0.511 e. The van der Waals surface area contributed by atoms with Crippen LogP contribution in [0.4, 0.5) is 13.2 Å². The Balaban J connectivity index is 2.06. The third kappa shape index (κ3) is 2.52. The van der Waals surface area contributed by atoms with Crippen LogP contribution in [0.15, 0.2) is 0 Å². The van der Waals surface area contributed by atoms with E-state index in [0.29, 0.717) is 36.7 Å². The van der Waals surface area contributed by atoms with E-state index in [9.17, 15) is 26.4 Å². The van der Waals surface area contributed by atoms with Gasteiger partial charge in [-0.25, -0.2) is 8.42 Å². The molecule has 2 aliphatic heterocycles. The summed E-state index contributed by atoms with van der Waals surface area (Å²) in [6.45, 7) is 2.59. The summed E-state index contributed by atoms with van der Waals surface area (Å²) in [6, 6.07) is 0. The average Bonchev–Trinajstić information content (AvgIpc) is 2.64. The largest absolute Gasteiger partial charge is 0.511 e. The number of piperidine rings is 1. The molecular weight excluding hydrogens is 297 g/mol. The number of carbonyl (C=O) groups excluding carboxylic acids is 1. The van der Waals surface area contributed by atoms with Crippen LogP contribution in [0.1, 0.15) is 26.2 Å². The van der Waals surface area contributed by atoms with Crippen LogP contribution < -0.4 is 0 Å². The fourth-order valence-corrected chi connectivity index (χ4v) is 3.91. The van der Waals surface area contributed by atoms with E-state index in [1.165, 1.54) is 0 Å². The number of nitrogens with zero attached hydrogens (tertiary/aromatic N) is 2. The highest BCUT2D eigenvalue weighted by atomic mass is 32.2. The summed E-state index contributed by atoms with van der Waals surface area (Å²) < 4.78 is 60.5. The van der Waals surface area contributed by atoms with Crippen molar-refractivity contribution in [3.05, 3.63) is 0 Å². The predicted octanol–water partition coefficient (Wildman–Crippen LogP) is 1.17. The highest BCUT2D eigenvalue weighted by Gasteiger charge is 2.53. The second-order valence-electron chi connectivity index (χ2n) is 5.43. The Bertz CT molecular complexity index is 496. The number of carbonyl (C=O) groups is 1. The van der Waals surface area contributed by atoms with Crippen LogP contribution in [0.3, 0.4) is 0 Å². The lowest BCUT2D eigenvalue weighted by molar-refractivity contribution is -0.127. The van der Waals surface area contributed by atoms with Crippen LogP contribution in [0.25, 0.3) is 0 Å². The summed E-state index contributed by atoms with van der Waals surface area (Å²) in [5.74, 6) is -0.000344. The molecule has 116 valence electrons. The molecule has 0 saturated carbocycles. The van der Waals surface area contributed by atoms with Crippen LogP contribution in [-0.2, 0) is 14.8 Å². The molecule has 1 spiro atoms. The van der Waals surface area contributed by atoms with Crippen LogP contribution in [-0.4, -0.2) is 55.2 Å². The molecule has 0 bridgehead atoms. The monoisotopic (exact) mass is 314 g/mol. The van der Waals surface area contributed by atoms with Crippen molar-refractivity contribution in [1.82, 2.24) is 9.21 Å². The fraction of sp³-hybridized carbons (Fsp3) is 0.909. The lowest BCUT2D eigenvalue weighted by Crippen LogP contribution is -2.48. The molecule has 0 aliphatic carbocycles. The van der Waals surface area contributed by atoms with E-state index in [2.05, 4.69) is 0 Å². The van der Waals surface area contributed by atoms with E-state index < -0.39 is 15.5 Å². The number of amides is 1. The summed E-state index contributed by atoms with van der Waals surface area (Å²) in [7, 11) is -5.24. The molecule has 2 aliphatic rings. The Labute approximate surface area is 115 Å². The van der Waals surface area contributed by atoms with Gasteiger partial charge >= 0.3 is 15.5 Å². The number of halogens is 3. The normalized spacial score (nSPS) is 24.6. The van der Waals surface area contributed by atoms with Gasteiger partial charge in [0.25, 0.3) is 0 Å². The van der Waals surface area contributed by atoms with Gasteiger partial charge in [0.1, 0.15) is 0 Å². The molecule has 0 atom stereocenters. The summed E-state index contributed by atoms with van der Waals surface area (Å²) in [4.78, 5) is 13.4. The molecular formula is C11H17F3N2O3S. The molecule has 0 aromatic heterocycles. The zero-order valence-electron chi connectivity index (χ0n) is 11.1. The molecule has 0 radical (unpaired) electrons. The molecule has 5 nitrogen and oxygen atoms in total. The lowest BCUT2D eigenvalue weighted by atomic mass is 9.78. The minimum Gasteiger partial charge on any atom is -0.342 e. The van der Waals surface area contributed by atoms with Crippen molar-refractivity contribution < 1.29 is 26.4 Å². The summed E-state index contributed by atoms with van der Waals surface area (Å²) in [5.41, 5.74) is -5.61. The minimum atomic E-state index is -5.25. The SMILES string of the molecule is CCN1CC2(CCN(S(=O)(=O)C(F)(F)F)CC2)CC1=O. The van der Waals surface area contributed by atoms with Crippen molar-refractivity contribution in [2.24, 2.45) is 5.41 Å². The molecule has 0 aromatic rings. The van der Waals surface area contributed by atoms with E-state index in [4.69, 9.17) is 0 Å². The van der Waals surface area contributed by atoms with Crippen molar-refractivity contribution in [2.45, 2.75) is 31.7 Å². The van der Waals surface area contributed by atoms with Crippen molar-refractivity contribution in [3.8, 4) is 0 Å². The quantitative estimate of drug-likeness (QED) is 0.769. The van der Waals surface area contributed by atoms with Crippen LogP contribution in [0.5, 0.6) is 0 Å². The molecule has 2 saturated heterocycles. The van der Waals surface area contributed by atoms with Crippen molar-refractivity contribution in [2.75, 3.05) is 26.2 Å². The van der Waals surface area contributed by atoms with Gasteiger partial charge in [0.2, 0.25) is 5.91 Å². The van der Waals surface area contributed by atoms with E-state index in [0.717, 1.165) is 0 Å². The van der Waals surface area contributed by atoms with Gasteiger partial charge in [-0.05, 0) is 25.2 Å².